The van der Waals surface area contributed by atoms with E-state index in [1.165, 1.54) is 18.2 Å². The molecule has 1 atom stereocenters. The SMILES string of the molecule is Cc1cccc(C(O)C(F)(F)C(F)F)c1. The molecule has 5 heteroatoms. The van der Waals surface area contributed by atoms with Crippen molar-refractivity contribution < 1.29 is 22.7 Å². The molecule has 0 aliphatic heterocycles. The van der Waals surface area contributed by atoms with Crippen LogP contribution in [0, 0.1) is 6.92 Å². The van der Waals surface area contributed by atoms with Crippen LogP contribution in [-0.4, -0.2) is 17.5 Å². The van der Waals surface area contributed by atoms with Crippen LogP contribution in [0.25, 0.3) is 0 Å². The van der Waals surface area contributed by atoms with Crippen LogP contribution in [0.15, 0.2) is 24.3 Å². The van der Waals surface area contributed by atoms with Gasteiger partial charge in [0.1, 0.15) is 6.10 Å². The Hall–Kier alpha value is -1.10. The minimum Gasteiger partial charge on any atom is -0.382 e. The monoisotopic (exact) mass is 222 g/mol. The van der Waals surface area contributed by atoms with E-state index in [2.05, 4.69) is 0 Å². The number of alkyl halides is 4. The Kier molecular flexibility index (Phi) is 3.34. The first-order valence-corrected chi connectivity index (χ1v) is 4.26. The molecule has 0 heterocycles. The van der Waals surface area contributed by atoms with Gasteiger partial charge in [-0.2, -0.15) is 8.78 Å². The summed E-state index contributed by atoms with van der Waals surface area (Å²) in [7, 11) is 0. The highest BCUT2D eigenvalue weighted by atomic mass is 19.3. The lowest BCUT2D eigenvalue weighted by Gasteiger charge is -2.22. The topological polar surface area (TPSA) is 20.2 Å². The molecule has 1 rings (SSSR count). The standard InChI is InChI=1S/C10H10F4O/c1-6-3-2-4-7(5-6)8(15)10(13,14)9(11)12/h2-5,8-9,15H,1H3. The minimum atomic E-state index is -4.42. The molecule has 1 aromatic carbocycles. The number of benzene rings is 1. The van der Waals surface area contributed by atoms with E-state index in [0.717, 1.165) is 0 Å². The van der Waals surface area contributed by atoms with Crippen molar-refractivity contribution in [3.05, 3.63) is 35.4 Å². The third-order valence-corrected chi connectivity index (χ3v) is 2.01. The molecule has 0 aromatic heterocycles. The summed E-state index contributed by atoms with van der Waals surface area (Å²) in [6, 6.07) is 5.49. The molecule has 0 spiro atoms. The Labute approximate surface area is 84.3 Å². The van der Waals surface area contributed by atoms with E-state index in [9.17, 15) is 17.6 Å². The van der Waals surface area contributed by atoms with Crippen LogP contribution in [0.1, 0.15) is 17.2 Å². The molecule has 0 bridgehead atoms. The van der Waals surface area contributed by atoms with Crippen molar-refractivity contribution >= 4 is 0 Å². The molecule has 1 unspecified atom stereocenters. The van der Waals surface area contributed by atoms with Crippen molar-refractivity contribution in [3.8, 4) is 0 Å². The van der Waals surface area contributed by atoms with Gasteiger partial charge in [0.05, 0.1) is 0 Å². The third-order valence-electron chi connectivity index (χ3n) is 2.01. The Morgan fingerprint density at radius 2 is 1.87 bits per heavy atom. The van der Waals surface area contributed by atoms with Gasteiger partial charge in [0.25, 0.3) is 0 Å². The normalized spacial score (nSPS) is 14.3. The minimum absolute atomic E-state index is 0.208. The number of rotatable bonds is 3. The van der Waals surface area contributed by atoms with E-state index in [4.69, 9.17) is 5.11 Å². The van der Waals surface area contributed by atoms with Crippen LogP contribution in [-0.2, 0) is 0 Å². The predicted octanol–water partition coefficient (Wildman–Crippen LogP) is 2.93. The van der Waals surface area contributed by atoms with Gasteiger partial charge in [-0.05, 0) is 12.5 Å². The van der Waals surface area contributed by atoms with Gasteiger partial charge in [-0.15, -0.1) is 0 Å². The van der Waals surface area contributed by atoms with Gasteiger partial charge < -0.3 is 5.11 Å². The first-order valence-electron chi connectivity index (χ1n) is 4.26. The Morgan fingerprint density at radius 3 is 2.33 bits per heavy atom. The molecule has 0 radical (unpaired) electrons. The molecule has 84 valence electrons. The molecule has 0 fully saturated rings. The highest BCUT2D eigenvalue weighted by molar-refractivity contribution is 5.25. The fourth-order valence-corrected chi connectivity index (χ4v) is 1.18. The van der Waals surface area contributed by atoms with E-state index < -0.39 is 18.5 Å². The number of halogens is 4. The van der Waals surface area contributed by atoms with E-state index in [1.807, 2.05) is 0 Å². The predicted molar refractivity (Wildman–Crippen MR) is 47.1 cm³/mol. The number of hydrogen-bond donors (Lipinski definition) is 1. The molecule has 15 heavy (non-hydrogen) atoms. The van der Waals surface area contributed by atoms with Crippen LogP contribution < -0.4 is 0 Å². The van der Waals surface area contributed by atoms with Crippen molar-refractivity contribution in [3.63, 3.8) is 0 Å². The quantitative estimate of drug-likeness (QED) is 0.779. The van der Waals surface area contributed by atoms with Crippen LogP contribution >= 0.6 is 0 Å². The van der Waals surface area contributed by atoms with Crippen molar-refractivity contribution in [2.24, 2.45) is 0 Å². The number of hydrogen-bond acceptors (Lipinski definition) is 1. The average Bonchev–Trinajstić information content (AvgIpc) is 2.16. The first kappa shape index (κ1) is 12.0. The fraction of sp³-hybridized carbons (Fsp3) is 0.400. The lowest BCUT2D eigenvalue weighted by atomic mass is 10.0. The van der Waals surface area contributed by atoms with Crippen molar-refractivity contribution in [1.82, 2.24) is 0 Å². The van der Waals surface area contributed by atoms with Crippen molar-refractivity contribution in [1.29, 1.82) is 0 Å². The van der Waals surface area contributed by atoms with E-state index in [0.29, 0.717) is 5.56 Å². The summed E-state index contributed by atoms with van der Waals surface area (Å²) in [5.74, 6) is -4.42. The summed E-state index contributed by atoms with van der Waals surface area (Å²) >= 11 is 0. The largest absolute Gasteiger partial charge is 0.382 e. The molecule has 0 aliphatic carbocycles. The average molecular weight is 222 g/mol. The van der Waals surface area contributed by atoms with Gasteiger partial charge >= 0.3 is 12.3 Å². The van der Waals surface area contributed by atoms with Crippen LogP contribution in [0.3, 0.4) is 0 Å². The number of aliphatic hydroxyl groups is 1. The molecule has 0 aliphatic rings. The van der Waals surface area contributed by atoms with Crippen molar-refractivity contribution in [2.45, 2.75) is 25.4 Å². The summed E-state index contributed by atoms with van der Waals surface area (Å²) < 4.78 is 49.4. The molecular formula is C10H10F4O. The lowest BCUT2D eigenvalue weighted by Crippen LogP contribution is -2.34. The molecular weight excluding hydrogens is 212 g/mol. The van der Waals surface area contributed by atoms with Crippen molar-refractivity contribution in [2.75, 3.05) is 0 Å². The van der Waals surface area contributed by atoms with Gasteiger partial charge in [0.2, 0.25) is 0 Å². The second kappa shape index (κ2) is 4.18. The molecule has 1 nitrogen and oxygen atoms in total. The molecule has 0 saturated carbocycles. The van der Waals surface area contributed by atoms with Crippen LogP contribution in [0.2, 0.25) is 0 Å². The van der Waals surface area contributed by atoms with E-state index in [-0.39, 0.29) is 5.56 Å². The van der Waals surface area contributed by atoms with Crippen LogP contribution in [0.4, 0.5) is 17.6 Å². The summed E-state index contributed by atoms with van der Waals surface area (Å²) in [5.41, 5.74) is 0.414. The Bertz CT molecular complexity index is 338. The van der Waals surface area contributed by atoms with Gasteiger partial charge in [-0.1, -0.05) is 29.8 Å². The zero-order valence-corrected chi connectivity index (χ0v) is 7.92. The van der Waals surface area contributed by atoms with Gasteiger partial charge in [-0.25, -0.2) is 8.78 Å². The Morgan fingerprint density at radius 1 is 1.27 bits per heavy atom. The Balaban J connectivity index is 2.99. The van der Waals surface area contributed by atoms with Gasteiger partial charge in [0.15, 0.2) is 0 Å². The number of aliphatic hydroxyl groups excluding tert-OH is 1. The zero-order valence-electron chi connectivity index (χ0n) is 7.92. The molecule has 0 amide bonds. The second-order valence-electron chi connectivity index (χ2n) is 3.29. The lowest BCUT2D eigenvalue weighted by molar-refractivity contribution is -0.193. The highest BCUT2D eigenvalue weighted by Crippen LogP contribution is 2.36. The molecule has 1 aromatic rings. The third kappa shape index (κ3) is 2.47. The second-order valence-corrected chi connectivity index (χ2v) is 3.29. The van der Waals surface area contributed by atoms with Gasteiger partial charge in [0, 0.05) is 0 Å². The summed E-state index contributed by atoms with van der Waals surface area (Å²) in [4.78, 5) is 0. The maximum atomic E-state index is 12.8. The smallest absolute Gasteiger partial charge is 0.336 e. The molecule has 0 saturated heterocycles. The number of aryl methyl sites for hydroxylation is 1. The van der Waals surface area contributed by atoms with Gasteiger partial charge in [-0.3, -0.25) is 0 Å². The highest BCUT2D eigenvalue weighted by Gasteiger charge is 2.48. The fourth-order valence-electron chi connectivity index (χ4n) is 1.18. The van der Waals surface area contributed by atoms with Crippen LogP contribution in [0.5, 0.6) is 0 Å². The zero-order chi connectivity index (χ0) is 11.6. The maximum absolute atomic E-state index is 12.8. The summed E-state index contributed by atoms with van der Waals surface area (Å²) in [6.07, 6.45) is -6.36. The van der Waals surface area contributed by atoms with E-state index >= 15 is 0 Å². The first-order chi connectivity index (χ1) is 6.85. The molecule has 1 N–H and O–H groups in total. The summed E-state index contributed by atoms with van der Waals surface area (Å²) in [6.45, 7) is 1.62. The van der Waals surface area contributed by atoms with E-state index in [1.54, 1.807) is 13.0 Å². The maximum Gasteiger partial charge on any atom is 0.336 e. The summed E-state index contributed by atoms with van der Waals surface area (Å²) in [5, 5.41) is 9.11.